The lowest BCUT2D eigenvalue weighted by Gasteiger charge is -2.33. The molecule has 1 aliphatic heterocycles. The molecule has 0 aromatic carbocycles. The van der Waals surface area contributed by atoms with Gasteiger partial charge in [0.05, 0.1) is 0 Å². The van der Waals surface area contributed by atoms with Gasteiger partial charge in [0.15, 0.2) is 0 Å². The van der Waals surface area contributed by atoms with Crippen molar-refractivity contribution >= 4 is 5.91 Å². The number of amides is 1. The molecule has 13 heavy (non-hydrogen) atoms. The van der Waals surface area contributed by atoms with E-state index in [1.165, 1.54) is 5.57 Å². The number of carbonyl (C=O) groups excluding carboxylic acids is 1. The summed E-state index contributed by atoms with van der Waals surface area (Å²) < 4.78 is 0. The van der Waals surface area contributed by atoms with E-state index in [4.69, 9.17) is 0 Å². The number of carbonyl (C=O) groups is 1. The molecule has 2 nitrogen and oxygen atoms in total. The lowest BCUT2D eigenvalue weighted by atomic mass is 9.88. The van der Waals surface area contributed by atoms with Crippen molar-refractivity contribution < 1.29 is 4.79 Å². The molecule has 1 aliphatic carbocycles. The lowest BCUT2D eigenvalue weighted by molar-refractivity contribution is -0.128. The standard InChI is InChI=1S/C11H15NO/c1-8-7-9-5-3-4-6-10(9)11(13)12(8)2/h4,6,8H,3,5,7H2,1-2H3. The van der Waals surface area contributed by atoms with Crippen molar-refractivity contribution in [1.82, 2.24) is 4.90 Å². The van der Waals surface area contributed by atoms with Crippen LogP contribution in [0, 0.1) is 0 Å². The second kappa shape index (κ2) is 3.02. The number of hydrogen-bond acceptors (Lipinski definition) is 1. The van der Waals surface area contributed by atoms with E-state index in [-0.39, 0.29) is 5.91 Å². The second-order valence-corrected chi connectivity index (χ2v) is 3.93. The smallest absolute Gasteiger partial charge is 0.253 e. The van der Waals surface area contributed by atoms with Gasteiger partial charge in [0.2, 0.25) is 0 Å². The predicted octanol–water partition coefficient (Wildman–Crippen LogP) is 1.88. The Morgan fingerprint density at radius 2 is 2.31 bits per heavy atom. The molecule has 1 atom stereocenters. The molecular formula is C11H15NO. The molecule has 2 heteroatoms. The Morgan fingerprint density at radius 3 is 3.08 bits per heavy atom. The van der Waals surface area contributed by atoms with E-state index in [1.807, 2.05) is 18.0 Å². The molecule has 70 valence electrons. The topological polar surface area (TPSA) is 20.3 Å². The number of nitrogens with zero attached hydrogens (tertiary/aromatic N) is 1. The molecule has 0 radical (unpaired) electrons. The van der Waals surface area contributed by atoms with Crippen molar-refractivity contribution in [2.24, 2.45) is 0 Å². The van der Waals surface area contributed by atoms with Gasteiger partial charge in [0, 0.05) is 18.7 Å². The van der Waals surface area contributed by atoms with Gasteiger partial charge in [-0.2, -0.15) is 0 Å². The first-order valence-corrected chi connectivity index (χ1v) is 4.86. The lowest BCUT2D eigenvalue weighted by Crippen LogP contribution is -2.40. The maximum absolute atomic E-state index is 11.8. The highest BCUT2D eigenvalue weighted by atomic mass is 16.2. The van der Waals surface area contributed by atoms with Gasteiger partial charge in [-0.1, -0.05) is 17.7 Å². The van der Waals surface area contributed by atoms with E-state index >= 15 is 0 Å². The molecule has 1 unspecified atom stereocenters. The minimum atomic E-state index is 0.199. The van der Waals surface area contributed by atoms with Gasteiger partial charge in [-0.15, -0.1) is 0 Å². The van der Waals surface area contributed by atoms with E-state index in [0.29, 0.717) is 6.04 Å². The average Bonchev–Trinajstić information content (AvgIpc) is 2.15. The Labute approximate surface area is 78.9 Å². The number of hydrogen-bond donors (Lipinski definition) is 0. The molecule has 0 N–H and O–H groups in total. The molecule has 0 fully saturated rings. The maximum atomic E-state index is 11.8. The Morgan fingerprint density at radius 1 is 1.54 bits per heavy atom. The van der Waals surface area contributed by atoms with Crippen molar-refractivity contribution in [3.63, 3.8) is 0 Å². The van der Waals surface area contributed by atoms with E-state index in [2.05, 4.69) is 13.0 Å². The highest BCUT2D eigenvalue weighted by Gasteiger charge is 2.28. The number of rotatable bonds is 0. The molecule has 2 aliphatic rings. The summed E-state index contributed by atoms with van der Waals surface area (Å²) >= 11 is 0. The van der Waals surface area contributed by atoms with Crippen LogP contribution >= 0.6 is 0 Å². The first kappa shape index (κ1) is 8.54. The third kappa shape index (κ3) is 1.30. The van der Waals surface area contributed by atoms with Crippen LogP contribution in [0.5, 0.6) is 0 Å². The maximum Gasteiger partial charge on any atom is 0.253 e. The molecule has 0 aromatic heterocycles. The van der Waals surface area contributed by atoms with Gasteiger partial charge >= 0.3 is 0 Å². The molecule has 1 heterocycles. The Hall–Kier alpha value is -1.05. The van der Waals surface area contributed by atoms with Crippen molar-refractivity contribution in [3.05, 3.63) is 23.3 Å². The second-order valence-electron chi connectivity index (χ2n) is 3.93. The van der Waals surface area contributed by atoms with Crippen molar-refractivity contribution in [2.45, 2.75) is 32.2 Å². The Bertz CT molecular complexity index is 301. The highest BCUT2D eigenvalue weighted by molar-refractivity contribution is 5.98. The molecule has 0 saturated heterocycles. The Balaban J connectivity index is 2.37. The van der Waals surface area contributed by atoms with E-state index in [0.717, 1.165) is 24.8 Å². The van der Waals surface area contributed by atoms with Crippen LogP contribution in [-0.2, 0) is 4.79 Å². The molecule has 0 saturated carbocycles. The van der Waals surface area contributed by atoms with Crippen LogP contribution in [0.2, 0.25) is 0 Å². The zero-order chi connectivity index (χ0) is 9.42. The van der Waals surface area contributed by atoms with Gasteiger partial charge in [0.1, 0.15) is 0 Å². The van der Waals surface area contributed by atoms with Crippen molar-refractivity contribution in [2.75, 3.05) is 7.05 Å². The zero-order valence-electron chi connectivity index (χ0n) is 8.21. The summed E-state index contributed by atoms with van der Waals surface area (Å²) in [6.07, 6.45) is 7.32. The minimum absolute atomic E-state index is 0.199. The van der Waals surface area contributed by atoms with Crippen LogP contribution in [0.25, 0.3) is 0 Å². The summed E-state index contributed by atoms with van der Waals surface area (Å²) in [5.41, 5.74) is 2.31. The summed E-state index contributed by atoms with van der Waals surface area (Å²) in [4.78, 5) is 13.6. The molecule has 0 bridgehead atoms. The first-order chi connectivity index (χ1) is 6.20. The largest absolute Gasteiger partial charge is 0.339 e. The molecule has 0 aromatic rings. The summed E-state index contributed by atoms with van der Waals surface area (Å²) in [6, 6.07) is 0.373. The first-order valence-electron chi connectivity index (χ1n) is 4.86. The van der Waals surface area contributed by atoms with Gasteiger partial charge in [-0.3, -0.25) is 4.79 Å². The number of allylic oxidation sites excluding steroid dienone is 1. The van der Waals surface area contributed by atoms with E-state index in [1.54, 1.807) is 0 Å². The van der Waals surface area contributed by atoms with Gasteiger partial charge in [-0.05, 0) is 26.2 Å². The van der Waals surface area contributed by atoms with Crippen molar-refractivity contribution in [1.29, 1.82) is 0 Å². The van der Waals surface area contributed by atoms with Crippen LogP contribution in [0.3, 0.4) is 0 Å². The minimum Gasteiger partial charge on any atom is -0.339 e. The summed E-state index contributed by atoms with van der Waals surface area (Å²) in [7, 11) is 1.89. The van der Waals surface area contributed by atoms with Crippen LogP contribution in [0.15, 0.2) is 23.3 Å². The monoisotopic (exact) mass is 177 g/mol. The zero-order valence-corrected chi connectivity index (χ0v) is 8.21. The van der Waals surface area contributed by atoms with Crippen LogP contribution in [0.4, 0.5) is 0 Å². The molecular weight excluding hydrogens is 162 g/mol. The van der Waals surface area contributed by atoms with Gasteiger partial charge in [0.25, 0.3) is 5.91 Å². The summed E-state index contributed by atoms with van der Waals surface area (Å²) in [5, 5.41) is 0. The Kier molecular flexibility index (Phi) is 1.98. The van der Waals surface area contributed by atoms with Gasteiger partial charge < -0.3 is 4.90 Å². The fourth-order valence-corrected chi connectivity index (χ4v) is 2.03. The average molecular weight is 177 g/mol. The third-order valence-electron chi connectivity index (χ3n) is 3.03. The molecule has 0 spiro atoms. The normalized spacial score (nSPS) is 28.0. The predicted molar refractivity (Wildman–Crippen MR) is 52.2 cm³/mol. The quantitative estimate of drug-likeness (QED) is 0.553. The SMILES string of the molecule is CC1CC2=C(C=CCC2)C(=O)N1C. The fourth-order valence-electron chi connectivity index (χ4n) is 2.03. The fraction of sp³-hybridized carbons (Fsp3) is 0.545. The van der Waals surface area contributed by atoms with Crippen LogP contribution < -0.4 is 0 Å². The summed E-state index contributed by atoms with van der Waals surface area (Å²) in [6.45, 7) is 2.11. The van der Waals surface area contributed by atoms with E-state index in [9.17, 15) is 4.79 Å². The van der Waals surface area contributed by atoms with Crippen molar-refractivity contribution in [3.8, 4) is 0 Å². The van der Waals surface area contributed by atoms with Crippen LogP contribution in [0.1, 0.15) is 26.2 Å². The molecule has 1 amide bonds. The third-order valence-corrected chi connectivity index (χ3v) is 3.03. The number of likely N-dealkylation sites (N-methyl/N-ethyl adjacent to an activating group) is 1. The molecule has 2 rings (SSSR count). The van der Waals surface area contributed by atoms with Gasteiger partial charge in [-0.25, -0.2) is 0 Å². The van der Waals surface area contributed by atoms with E-state index < -0.39 is 0 Å². The summed E-state index contributed by atoms with van der Waals surface area (Å²) in [5.74, 6) is 0.199. The highest BCUT2D eigenvalue weighted by Crippen LogP contribution is 2.30. The van der Waals surface area contributed by atoms with Crippen LogP contribution in [-0.4, -0.2) is 23.9 Å².